The lowest BCUT2D eigenvalue weighted by Crippen LogP contribution is -2.26. The number of ether oxygens (including phenoxy) is 2. The quantitative estimate of drug-likeness (QED) is 0.153. The minimum Gasteiger partial charge on any atom is -0.493 e. The molecule has 0 bridgehead atoms. The van der Waals surface area contributed by atoms with Crippen molar-refractivity contribution in [1.29, 1.82) is 0 Å². The summed E-state index contributed by atoms with van der Waals surface area (Å²) in [6, 6.07) is 30.7. The maximum absolute atomic E-state index is 14.6. The average Bonchev–Trinajstić information content (AvgIpc) is 3.45. The van der Waals surface area contributed by atoms with Crippen LogP contribution in [0.3, 0.4) is 0 Å². The number of para-hydroxylation sites is 2. The second-order valence-corrected chi connectivity index (χ2v) is 12.9. The first-order chi connectivity index (χ1) is 22.6. The van der Waals surface area contributed by atoms with Gasteiger partial charge in [0.25, 0.3) is 11.1 Å². The Morgan fingerprint density at radius 2 is 1.13 bits per heavy atom. The highest BCUT2D eigenvalue weighted by molar-refractivity contribution is 9.13. The fraction of sp³-hybridized carbons (Fsp3) is 0.189. The second-order valence-electron chi connectivity index (χ2n) is 11.3. The zero-order valence-corrected chi connectivity index (χ0v) is 29.9. The summed E-state index contributed by atoms with van der Waals surface area (Å²) in [5.41, 5.74) is 5.10. The van der Waals surface area contributed by atoms with Crippen molar-refractivity contribution in [2.75, 3.05) is 7.11 Å². The van der Waals surface area contributed by atoms with Gasteiger partial charge in [0.15, 0.2) is 11.5 Å². The van der Waals surface area contributed by atoms with E-state index in [1.807, 2.05) is 134 Å². The molecule has 47 heavy (non-hydrogen) atoms. The number of nitrogens with zero attached hydrogens (tertiary/aromatic N) is 4. The zero-order chi connectivity index (χ0) is 33.4. The van der Waals surface area contributed by atoms with Crippen molar-refractivity contribution in [2.45, 2.75) is 26.4 Å². The van der Waals surface area contributed by atoms with Crippen LogP contribution in [-0.4, -0.2) is 25.8 Å². The van der Waals surface area contributed by atoms with Crippen molar-refractivity contribution < 1.29 is 9.47 Å². The molecule has 4 aromatic carbocycles. The molecule has 0 aliphatic heterocycles. The lowest BCUT2D eigenvalue weighted by Gasteiger charge is -2.22. The first-order valence-electron chi connectivity index (χ1n) is 15.1. The number of methoxy groups -OCH3 is 1. The second kappa shape index (κ2) is 13.3. The molecule has 0 fully saturated rings. The van der Waals surface area contributed by atoms with Crippen LogP contribution in [0.5, 0.6) is 11.5 Å². The van der Waals surface area contributed by atoms with E-state index in [1.165, 1.54) is 0 Å². The summed E-state index contributed by atoms with van der Waals surface area (Å²) in [4.78, 5) is 29.2. The summed E-state index contributed by atoms with van der Waals surface area (Å²) < 4.78 is 20.4. The normalized spacial score (nSPS) is 11.3. The first kappa shape index (κ1) is 32.4. The number of hydrogen-bond acceptors (Lipinski definition) is 4. The molecule has 0 saturated heterocycles. The van der Waals surface area contributed by atoms with Crippen LogP contribution in [0.4, 0.5) is 0 Å². The molecule has 8 nitrogen and oxygen atoms in total. The first-order valence-corrected chi connectivity index (χ1v) is 16.6. The summed E-state index contributed by atoms with van der Waals surface area (Å²) in [6.07, 6.45) is 0. The van der Waals surface area contributed by atoms with Gasteiger partial charge in [0.1, 0.15) is 6.61 Å². The van der Waals surface area contributed by atoms with Gasteiger partial charge in [0, 0.05) is 35.9 Å². The van der Waals surface area contributed by atoms with Gasteiger partial charge >= 0.3 is 0 Å². The van der Waals surface area contributed by atoms with Crippen LogP contribution in [0, 0.1) is 13.8 Å². The van der Waals surface area contributed by atoms with Gasteiger partial charge < -0.3 is 9.47 Å². The molecular weight excluding hydrogens is 724 g/mol. The smallest absolute Gasteiger partial charge is 0.275 e. The number of hydrogen-bond donors (Lipinski definition) is 0. The molecule has 0 N–H and O–H groups in total. The van der Waals surface area contributed by atoms with Gasteiger partial charge in [0.05, 0.1) is 34.1 Å². The SMILES string of the molecule is COc1cc(C(c2c(C)n(C)n(-c3ccccc3)c2=O)c2c(C)n(C)n(-c3ccccc3)c2=O)c(Br)c(Br)c1OCc1ccccc1. The molecule has 10 heteroatoms. The average molecular weight is 759 g/mol. The molecule has 0 atom stereocenters. The fourth-order valence-electron chi connectivity index (χ4n) is 6.13. The van der Waals surface area contributed by atoms with E-state index in [-0.39, 0.29) is 11.1 Å². The molecule has 0 aliphatic rings. The molecule has 0 aliphatic carbocycles. The van der Waals surface area contributed by atoms with Crippen molar-refractivity contribution in [1.82, 2.24) is 18.7 Å². The number of rotatable bonds is 9. The van der Waals surface area contributed by atoms with Crippen LogP contribution in [0.15, 0.2) is 116 Å². The molecule has 0 amide bonds. The highest BCUT2D eigenvalue weighted by atomic mass is 79.9. The van der Waals surface area contributed by atoms with Crippen LogP contribution in [0.2, 0.25) is 0 Å². The minimum atomic E-state index is -0.773. The molecule has 6 aromatic rings. The van der Waals surface area contributed by atoms with Gasteiger partial charge in [-0.1, -0.05) is 66.7 Å². The van der Waals surface area contributed by atoms with Crippen molar-refractivity contribution in [2.24, 2.45) is 14.1 Å². The summed E-state index contributed by atoms with van der Waals surface area (Å²) in [5.74, 6) is 0.193. The Morgan fingerprint density at radius 3 is 1.57 bits per heavy atom. The van der Waals surface area contributed by atoms with Crippen LogP contribution in [0.25, 0.3) is 11.4 Å². The van der Waals surface area contributed by atoms with Gasteiger partial charge in [-0.2, -0.15) is 0 Å². The van der Waals surface area contributed by atoms with Gasteiger partial charge in [-0.05, 0) is 87.2 Å². The van der Waals surface area contributed by atoms with E-state index < -0.39 is 5.92 Å². The van der Waals surface area contributed by atoms with Crippen molar-refractivity contribution in [3.05, 3.63) is 160 Å². The molecular formula is C37H34Br2N4O4. The van der Waals surface area contributed by atoms with E-state index in [1.54, 1.807) is 16.5 Å². The molecule has 2 heterocycles. The molecule has 240 valence electrons. The Bertz CT molecular complexity index is 2080. The van der Waals surface area contributed by atoms with Gasteiger partial charge in [0.2, 0.25) is 0 Å². The van der Waals surface area contributed by atoms with Crippen LogP contribution in [0.1, 0.15) is 39.6 Å². The number of benzene rings is 4. The Hall–Kier alpha value is -4.54. The van der Waals surface area contributed by atoms with Crippen LogP contribution in [-0.2, 0) is 20.7 Å². The van der Waals surface area contributed by atoms with E-state index in [0.717, 1.165) is 28.3 Å². The molecule has 2 aromatic heterocycles. The van der Waals surface area contributed by atoms with Crippen molar-refractivity contribution >= 4 is 31.9 Å². The van der Waals surface area contributed by atoms with Gasteiger partial charge in [-0.3, -0.25) is 19.0 Å². The molecule has 0 saturated carbocycles. The van der Waals surface area contributed by atoms with E-state index in [2.05, 4.69) is 31.9 Å². The predicted molar refractivity (Wildman–Crippen MR) is 192 cm³/mol. The summed E-state index contributed by atoms with van der Waals surface area (Å²) in [7, 11) is 5.29. The zero-order valence-electron chi connectivity index (χ0n) is 26.7. The third-order valence-electron chi connectivity index (χ3n) is 8.69. The van der Waals surface area contributed by atoms with Gasteiger partial charge in [-0.25, -0.2) is 9.36 Å². The lowest BCUT2D eigenvalue weighted by atomic mass is 9.85. The molecule has 0 spiro atoms. The summed E-state index contributed by atoms with van der Waals surface area (Å²) in [5, 5.41) is 0. The highest BCUT2D eigenvalue weighted by Gasteiger charge is 2.35. The third kappa shape index (κ3) is 5.70. The van der Waals surface area contributed by atoms with Crippen molar-refractivity contribution in [3.8, 4) is 22.9 Å². The Balaban J connectivity index is 1.63. The lowest BCUT2D eigenvalue weighted by molar-refractivity contribution is 0.282. The van der Waals surface area contributed by atoms with E-state index in [0.29, 0.717) is 43.7 Å². The van der Waals surface area contributed by atoms with E-state index >= 15 is 0 Å². The Kier molecular flexibility index (Phi) is 9.16. The minimum absolute atomic E-state index is 0.221. The predicted octanol–water partition coefficient (Wildman–Crippen LogP) is 7.58. The fourth-order valence-corrected chi connectivity index (χ4v) is 7.19. The third-order valence-corrected chi connectivity index (χ3v) is 10.8. The Morgan fingerprint density at radius 1 is 0.681 bits per heavy atom. The molecule has 0 unspecified atom stereocenters. The Labute approximate surface area is 289 Å². The highest BCUT2D eigenvalue weighted by Crippen LogP contribution is 2.48. The van der Waals surface area contributed by atoms with E-state index in [9.17, 15) is 9.59 Å². The largest absolute Gasteiger partial charge is 0.493 e. The van der Waals surface area contributed by atoms with Crippen LogP contribution < -0.4 is 20.6 Å². The molecule has 0 radical (unpaired) electrons. The number of halogens is 2. The standard InChI is InChI=1S/C37H34Br2N4O4/c1-23-30(36(44)42(40(23)3)26-17-11-7-12-18-26)32(31-24(2)41(4)43(37(31)45)27-19-13-8-14-20-27)28-21-29(46-5)35(34(39)33(28)38)47-22-25-15-9-6-10-16-25/h6-21,32H,22H2,1-5H3. The van der Waals surface area contributed by atoms with Crippen LogP contribution >= 0.6 is 31.9 Å². The van der Waals surface area contributed by atoms with Crippen molar-refractivity contribution in [3.63, 3.8) is 0 Å². The maximum Gasteiger partial charge on any atom is 0.275 e. The number of aromatic nitrogens is 4. The van der Waals surface area contributed by atoms with Gasteiger partial charge in [-0.15, -0.1) is 0 Å². The topological polar surface area (TPSA) is 72.3 Å². The molecule has 6 rings (SSSR count). The summed E-state index contributed by atoms with van der Waals surface area (Å²) in [6.45, 7) is 4.15. The summed E-state index contributed by atoms with van der Waals surface area (Å²) >= 11 is 7.61. The van der Waals surface area contributed by atoms with E-state index in [4.69, 9.17) is 9.47 Å². The monoisotopic (exact) mass is 756 g/mol. The maximum atomic E-state index is 14.6.